The Labute approximate surface area is 188 Å². The van der Waals surface area contributed by atoms with Gasteiger partial charge < -0.3 is 28.4 Å². The van der Waals surface area contributed by atoms with Gasteiger partial charge in [-0.05, 0) is 54.1 Å². The third-order valence-electron chi connectivity index (χ3n) is 5.17. The van der Waals surface area contributed by atoms with Gasteiger partial charge in [-0.15, -0.1) is 0 Å². The molecule has 33 heavy (non-hydrogen) atoms. The molecule has 0 aliphatic carbocycles. The molecule has 0 N–H and O–H groups in total. The number of methoxy groups -OCH3 is 2. The van der Waals surface area contributed by atoms with Gasteiger partial charge in [0.15, 0.2) is 28.8 Å². The second-order valence-corrected chi connectivity index (χ2v) is 7.17. The maximum Gasteiger partial charge on any atom is 0.343 e. The predicted molar refractivity (Wildman–Crippen MR) is 116 cm³/mol. The standard InChI is InChI=1S/C25H18O8/c1-28-18-8-4-15(11-21(18)29-2)25(27)32-16-5-6-17-20(12-16)33-23(24(17)26)10-14-3-7-19-22(9-14)31-13-30-19/h3-12H,13H2,1-2H3/b23-10-. The lowest BCUT2D eigenvalue weighted by atomic mass is 10.1. The van der Waals surface area contributed by atoms with E-state index in [9.17, 15) is 9.59 Å². The zero-order valence-corrected chi connectivity index (χ0v) is 17.7. The number of ether oxygens (including phenoxy) is 6. The van der Waals surface area contributed by atoms with Crippen molar-refractivity contribution in [1.29, 1.82) is 0 Å². The Morgan fingerprint density at radius 1 is 0.879 bits per heavy atom. The minimum absolute atomic E-state index is 0.159. The van der Waals surface area contributed by atoms with Gasteiger partial charge in [0.2, 0.25) is 12.6 Å². The van der Waals surface area contributed by atoms with E-state index in [4.69, 9.17) is 28.4 Å². The molecule has 166 valence electrons. The van der Waals surface area contributed by atoms with Crippen LogP contribution in [-0.2, 0) is 0 Å². The highest BCUT2D eigenvalue weighted by Gasteiger charge is 2.28. The van der Waals surface area contributed by atoms with E-state index in [0.717, 1.165) is 5.56 Å². The molecule has 3 aromatic rings. The van der Waals surface area contributed by atoms with Gasteiger partial charge in [0.1, 0.15) is 11.5 Å². The van der Waals surface area contributed by atoms with Crippen molar-refractivity contribution in [3.63, 3.8) is 0 Å². The lowest BCUT2D eigenvalue weighted by molar-refractivity contribution is 0.0734. The zero-order valence-electron chi connectivity index (χ0n) is 17.7. The van der Waals surface area contributed by atoms with Crippen LogP contribution in [0, 0.1) is 0 Å². The average molecular weight is 446 g/mol. The van der Waals surface area contributed by atoms with E-state index in [2.05, 4.69) is 0 Å². The third-order valence-corrected chi connectivity index (χ3v) is 5.17. The quantitative estimate of drug-likeness (QED) is 0.326. The summed E-state index contributed by atoms with van der Waals surface area (Å²) in [6, 6.07) is 14.7. The summed E-state index contributed by atoms with van der Waals surface area (Å²) in [5.41, 5.74) is 1.40. The highest BCUT2D eigenvalue weighted by atomic mass is 16.7. The van der Waals surface area contributed by atoms with Crippen LogP contribution in [0.3, 0.4) is 0 Å². The van der Waals surface area contributed by atoms with Crippen LogP contribution in [-0.4, -0.2) is 32.8 Å². The fourth-order valence-corrected chi connectivity index (χ4v) is 3.51. The minimum Gasteiger partial charge on any atom is -0.493 e. The first-order valence-corrected chi connectivity index (χ1v) is 9.98. The van der Waals surface area contributed by atoms with E-state index in [1.54, 1.807) is 48.5 Å². The molecule has 0 radical (unpaired) electrons. The van der Waals surface area contributed by atoms with Crippen LogP contribution in [0.15, 0.2) is 60.4 Å². The largest absolute Gasteiger partial charge is 0.493 e. The van der Waals surface area contributed by atoms with Gasteiger partial charge >= 0.3 is 5.97 Å². The lowest BCUT2D eigenvalue weighted by Gasteiger charge is -2.10. The topological polar surface area (TPSA) is 89.5 Å². The molecule has 5 rings (SSSR count). The van der Waals surface area contributed by atoms with Crippen molar-refractivity contribution in [2.24, 2.45) is 0 Å². The van der Waals surface area contributed by atoms with Crippen LogP contribution < -0.4 is 28.4 Å². The molecule has 0 spiro atoms. The Hall–Kier alpha value is -4.46. The summed E-state index contributed by atoms with van der Waals surface area (Å²) in [7, 11) is 2.99. The highest BCUT2D eigenvalue weighted by molar-refractivity contribution is 6.14. The number of esters is 1. The number of Topliss-reactive ketones (excluding diaryl/α,β-unsaturated/α-hetero) is 1. The summed E-state index contributed by atoms with van der Waals surface area (Å²) in [6.07, 6.45) is 1.62. The van der Waals surface area contributed by atoms with Gasteiger partial charge in [-0.3, -0.25) is 4.79 Å². The highest BCUT2D eigenvalue weighted by Crippen LogP contribution is 2.37. The molecule has 0 atom stereocenters. The lowest BCUT2D eigenvalue weighted by Crippen LogP contribution is -2.09. The molecule has 0 saturated heterocycles. The second kappa shape index (κ2) is 8.23. The fraction of sp³-hybridized carbons (Fsp3) is 0.120. The van der Waals surface area contributed by atoms with Crippen LogP contribution in [0.4, 0.5) is 0 Å². The molecule has 0 bridgehead atoms. The Morgan fingerprint density at radius 3 is 2.52 bits per heavy atom. The molecular weight excluding hydrogens is 428 g/mol. The van der Waals surface area contributed by atoms with E-state index in [0.29, 0.717) is 34.3 Å². The van der Waals surface area contributed by atoms with Gasteiger partial charge in [0.05, 0.1) is 25.3 Å². The van der Waals surface area contributed by atoms with Gasteiger partial charge in [-0.25, -0.2) is 4.79 Å². The van der Waals surface area contributed by atoms with E-state index in [1.165, 1.54) is 26.4 Å². The Morgan fingerprint density at radius 2 is 1.70 bits per heavy atom. The molecule has 0 aromatic heterocycles. The first kappa shape index (κ1) is 20.4. The Bertz CT molecular complexity index is 1310. The monoisotopic (exact) mass is 446 g/mol. The summed E-state index contributed by atoms with van der Waals surface area (Å²) in [6.45, 7) is 0.168. The van der Waals surface area contributed by atoms with E-state index in [-0.39, 0.29) is 29.6 Å². The smallest absolute Gasteiger partial charge is 0.343 e. The molecule has 2 aliphatic rings. The molecular formula is C25H18O8. The number of allylic oxidation sites excluding steroid dienone is 1. The fourth-order valence-electron chi connectivity index (χ4n) is 3.51. The van der Waals surface area contributed by atoms with Crippen molar-refractivity contribution >= 4 is 17.8 Å². The molecule has 8 heteroatoms. The minimum atomic E-state index is -0.587. The second-order valence-electron chi connectivity index (χ2n) is 7.17. The van der Waals surface area contributed by atoms with Crippen LogP contribution in [0.1, 0.15) is 26.3 Å². The van der Waals surface area contributed by atoms with E-state index in [1.807, 2.05) is 0 Å². The van der Waals surface area contributed by atoms with Crippen molar-refractivity contribution in [3.8, 4) is 34.5 Å². The first-order valence-electron chi connectivity index (χ1n) is 9.98. The van der Waals surface area contributed by atoms with Crippen molar-refractivity contribution in [1.82, 2.24) is 0 Å². The van der Waals surface area contributed by atoms with Gasteiger partial charge in [-0.1, -0.05) is 6.07 Å². The Kier molecular flexibility index (Phi) is 5.10. The zero-order chi connectivity index (χ0) is 22.9. The van der Waals surface area contributed by atoms with E-state index >= 15 is 0 Å². The molecule has 0 amide bonds. The molecule has 2 heterocycles. The molecule has 3 aromatic carbocycles. The number of benzene rings is 3. The van der Waals surface area contributed by atoms with Gasteiger partial charge in [0, 0.05) is 6.07 Å². The summed E-state index contributed by atoms with van der Waals surface area (Å²) in [5, 5.41) is 0. The average Bonchev–Trinajstić information content (AvgIpc) is 3.42. The Balaban J connectivity index is 1.34. The van der Waals surface area contributed by atoms with Gasteiger partial charge in [0.25, 0.3) is 0 Å². The van der Waals surface area contributed by atoms with E-state index < -0.39 is 5.97 Å². The normalized spacial score (nSPS) is 14.6. The molecule has 8 nitrogen and oxygen atoms in total. The SMILES string of the molecule is COc1ccc(C(=O)Oc2ccc3c(c2)O/C(=C\c2ccc4c(c2)OCO4)C3=O)cc1OC. The maximum atomic E-state index is 12.7. The number of carbonyl (C=O) groups excluding carboxylic acids is 2. The predicted octanol–water partition coefficient (Wildman–Crippen LogP) is 4.27. The van der Waals surface area contributed by atoms with Crippen molar-refractivity contribution in [2.45, 2.75) is 0 Å². The number of fused-ring (bicyclic) bond motifs is 2. The number of carbonyl (C=O) groups is 2. The van der Waals surface area contributed by atoms with Crippen LogP contribution in [0.5, 0.6) is 34.5 Å². The van der Waals surface area contributed by atoms with Crippen LogP contribution >= 0.6 is 0 Å². The van der Waals surface area contributed by atoms with Gasteiger partial charge in [-0.2, -0.15) is 0 Å². The number of ketones is 1. The summed E-state index contributed by atoms with van der Waals surface area (Å²) in [4.78, 5) is 25.3. The number of hydrogen-bond donors (Lipinski definition) is 0. The number of hydrogen-bond acceptors (Lipinski definition) is 8. The summed E-state index contributed by atoms with van der Waals surface area (Å²) >= 11 is 0. The van der Waals surface area contributed by atoms with Crippen molar-refractivity contribution < 1.29 is 38.0 Å². The van der Waals surface area contributed by atoms with Crippen molar-refractivity contribution in [3.05, 3.63) is 77.0 Å². The summed E-state index contributed by atoms with van der Waals surface area (Å²) < 4.78 is 32.3. The molecule has 0 saturated carbocycles. The van der Waals surface area contributed by atoms with Crippen LogP contribution in [0.25, 0.3) is 6.08 Å². The van der Waals surface area contributed by atoms with Crippen LogP contribution in [0.2, 0.25) is 0 Å². The molecule has 2 aliphatic heterocycles. The summed E-state index contributed by atoms with van der Waals surface area (Å²) in [5.74, 6) is 2.03. The number of rotatable bonds is 5. The first-order chi connectivity index (χ1) is 16.1. The molecule has 0 unspecified atom stereocenters. The molecule has 0 fully saturated rings. The third kappa shape index (κ3) is 3.82. The van der Waals surface area contributed by atoms with Crippen molar-refractivity contribution in [2.75, 3.05) is 21.0 Å². The maximum absolute atomic E-state index is 12.7.